The maximum absolute atomic E-state index is 10.5. The van der Waals surface area contributed by atoms with Crippen molar-refractivity contribution in [2.24, 2.45) is 5.92 Å². The van der Waals surface area contributed by atoms with Crippen molar-refractivity contribution in [1.82, 2.24) is 5.32 Å². The van der Waals surface area contributed by atoms with Gasteiger partial charge in [0.25, 0.3) is 0 Å². The summed E-state index contributed by atoms with van der Waals surface area (Å²) in [5.74, 6) is 0.769. The summed E-state index contributed by atoms with van der Waals surface area (Å²) in [5, 5.41) is 16.4. The second-order valence-electron chi connectivity index (χ2n) is 6.14. The molecule has 1 aliphatic heterocycles. The summed E-state index contributed by atoms with van der Waals surface area (Å²) in [6.45, 7) is 3.38. The van der Waals surface area contributed by atoms with Crippen molar-refractivity contribution in [2.75, 3.05) is 6.54 Å². The van der Waals surface area contributed by atoms with E-state index in [1.165, 1.54) is 23.6 Å². The molecule has 2 N–H and O–H groups in total. The second-order valence-corrected chi connectivity index (χ2v) is 6.14. The van der Waals surface area contributed by atoms with Gasteiger partial charge in [0.15, 0.2) is 0 Å². The van der Waals surface area contributed by atoms with Crippen LogP contribution in [0.4, 0.5) is 0 Å². The Bertz CT molecular complexity index is 580. The standard InChI is InChI=1S/C18H23NO/c1-13-8-9-19-17(10-13)12-18(20)16-7-6-14-4-2-3-5-15(14)11-16/h2-7,11,13,17-20H,8-10,12H2,1H3. The summed E-state index contributed by atoms with van der Waals surface area (Å²) in [7, 11) is 0. The smallest absolute Gasteiger partial charge is 0.0805 e. The molecule has 20 heavy (non-hydrogen) atoms. The molecule has 1 aliphatic rings. The highest BCUT2D eigenvalue weighted by Gasteiger charge is 2.21. The average Bonchev–Trinajstić information content (AvgIpc) is 2.47. The zero-order valence-electron chi connectivity index (χ0n) is 12.0. The Hall–Kier alpha value is -1.38. The molecule has 3 atom stereocenters. The summed E-state index contributed by atoms with van der Waals surface area (Å²) in [5.41, 5.74) is 1.03. The van der Waals surface area contributed by atoms with Crippen molar-refractivity contribution >= 4 is 10.8 Å². The molecule has 2 aromatic rings. The van der Waals surface area contributed by atoms with Crippen LogP contribution in [0.1, 0.15) is 37.9 Å². The molecule has 0 spiro atoms. The van der Waals surface area contributed by atoms with Gasteiger partial charge in [-0.15, -0.1) is 0 Å². The molecule has 0 bridgehead atoms. The molecule has 2 aromatic carbocycles. The topological polar surface area (TPSA) is 32.3 Å². The van der Waals surface area contributed by atoms with Gasteiger partial charge < -0.3 is 10.4 Å². The van der Waals surface area contributed by atoms with Crippen molar-refractivity contribution in [2.45, 2.75) is 38.3 Å². The van der Waals surface area contributed by atoms with E-state index in [2.05, 4.69) is 42.6 Å². The van der Waals surface area contributed by atoms with Gasteiger partial charge in [-0.2, -0.15) is 0 Å². The molecule has 3 unspecified atom stereocenters. The van der Waals surface area contributed by atoms with Crippen LogP contribution in [0, 0.1) is 5.92 Å². The zero-order valence-corrected chi connectivity index (χ0v) is 12.0. The van der Waals surface area contributed by atoms with Crippen LogP contribution in [-0.2, 0) is 0 Å². The minimum absolute atomic E-state index is 0.373. The Labute approximate surface area is 120 Å². The van der Waals surface area contributed by atoms with E-state index in [9.17, 15) is 5.11 Å². The van der Waals surface area contributed by atoms with Gasteiger partial charge in [-0.25, -0.2) is 0 Å². The molecule has 1 fully saturated rings. The van der Waals surface area contributed by atoms with Gasteiger partial charge in [-0.3, -0.25) is 0 Å². The van der Waals surface area contributed by atoms with E-state index in [4.69, 9.17) is 0 Å². The van der Waals surface area contributed by atoms with Gasteiger partial charge in [0, 0.05) is 6.04 Å². The van der Waals surface area contributed by atoms with E-state index >= 15 is 0 Å². The number of aliphatic hydroxyl groups is 1. The maximum Gasteiger partial charge on any atom is 0.0805 e. The number of hydrogen-bond acceptors (Lipinski definition) is 2. The summed E-state index contributed by atoms with van der Waals surface area (Å²) in [6.07, 6.45) is 2.86. The fourth-order valence-corrected chi connectivity index (χ4v) is 3.22. The summed E-state index contributed by atoms with van der Waals surface area (Å²) in [4.78, 5) is 0. The third-order valence-corrected chi connectivity index (χ3v) is 4.42. The van der Waals surface area contributed by atoms with Gasteiger partial charge in [0.2, 0.25) is 0 Å². The minimum atomic E-state index is -0.373. The molecule has 0 radical (unpaired) electrons. The van der Waals surface area contributed by atoms with Gasteiger partial charge >= 0.3 is 0 Å². The highest BCUT2D eigenvalue weighted by atomic mass is 16.3. The lowest BCUT2D eigenvalue weighted by Gasteiger charge is -2.29. The molecule has 0 amide bonds. The van der Waals surface area contributed by atoms with E-state index in [1.807, 2.05) is 12.1 Å². The zero-order chi connectivity index (χ0) is 13.9. The monoisotopic (exact) mass is 269 g/mol. The number of benzene rings is 2. The molecule has 0 aromatic heterocycles. The van der Waals surface area contributed by atoms with Crippen LogP contribution in [0.25, 0.3) is 10.8 Å². The lowest BCUT2D eigenvalue weighted by molar-refractivity contribution is 0.138. The highest BCUT2D eigenvalue weighted by molar-refractivity contribution is 5.83. The first-order chi connectivity index (χ1) is 9.72. The van der Waals surface area contributed by atoms with Crippen LogP contribution in [0.15, 0.2) is 42.5 Å². The Kier molecular flexibility index (Phi) is 4.04. The third-order valence-electron chi connectivity index (χ3n) is 4.42. The average molecular weight is 269 g/mol. The largest absolute Gasteiger partial charge is 0.388 e. The minimum Gasteiger partial charge on any atom is -0.388 e. The quantitative estimate of drug-likeness (QED) is 0.891. The van der Waals surface area contributed by atoms with Gasteiger partial charge in [-0.1, -0.05) is 43.3 Å². The Morgan fingerprint density at radius 3 is 2.80 bits per heavy atom. The van der Waals surface area contributed by atoms with E-state index in [-0.39, 0.29) is 6.10 Å². The van der Waals surface area contributed by atoms with Crippen molar-refractivity contribution in [3.05, 3.63) is 48.0 Å². The lowest BCUT2D eigenvalue weighted by atomic mass is 9.89. The molecular weight excluding hydrogens is 246 g/mol. The SMILES string of the molecule is CC1CCNC(CC(O)c2ccc3ccccc3c2)C1. The number of rotatable bonds is 3. The Morgan fingerprint density at radius 1 is 1.20 bits per heavy atom. The van der Waals surface area contributed by atoms with E-state index < -0.39 is 0 Å². The van der Waals surface area contributed by atoms with E-state index in [1.54, 1.807) is 0 Å². The van der Waals surface area contributed by atoms with Crippen molar-refractivity contribution < 1.29 is 5.11 Å². The maximum atomic E-state index is 10.5. The van der Waals surface area contributed by atoms with Gasteiger partial charge in [0.05, 0.1) is 6.10 Å². The predicted molar refractivity (Wildman–Crippen MR) is 83.7 cm³/mol. The summed E-state index contributed by atoms with van der Waals surface area (Å²) < 4.78 is 0. The highest BCUT2D eigenvalue weighted by Crippen LogP contribution is 2.26. The number of aliphatic hydroxyl groups excluding tert-OH is 1. The first-order valence-electron chi connectivity index (χ1n) is 7.62. The first kappa shape index (κ1) is 13.6. The Balaban J connectivity index is 1.73. The molecule has 1 saturated heterocycles. The lowest BCUT2D eigenvalue weighted by Crippen LogP contribution is -2.38. The fourth-order valence-electron chi connectivity index (χ4n) is 3.22. The van der Waals surface area contributed by atoms with Crippen LogP contribution in [0.5, 0.6) is 0 Å². The summed E-state index contributed by atoms with van der Waals surface area (Å²) in [6, 6.07) is 15.0. The van der Waals surface area contributed by atoms with Crippen LogP contribution in [-0.4, -0.2) is 17.7 Å². The van der Waals surface area contributed by atoms with Crippen molar-refractivity contribution in [3.63, 3.8) is 0 Å². The molecule has 3 rings (SSSR count). The third kappa shape index (κ3) is 3.02. The first-order valence-corrected chi connectivity index (χ1v) is 7.62. The molecule has 0 aliphatic carbocycles. The van der Waals surface area contributed by atoms with Gasteiger partial charge in [0.1, 0.15) is 0 Å². The molecule has 1 heterocycles. The van der Waals surface area contributed by atoms with Gasteiger partial charge in [-0.05, 0) is 54.1 Å². The molecule has 106 valence electrons. The molecule has 2 heteroatoms. The van der Waals surface area contributed by atoms with Crippen molar-refractivity contribution in [3.8, 4) is 0 Å². The molecular formula is C18H23NO. The van der Waals surface area contributed by atoms with E-state index in [0.717, 1.165) is 24.4 Å². The number of nitrogens with one attached hydrogen (secondary N) is 1. The van der Waals surface area contributed by atoms with Crippen LogP contribution in [0.3, 0.4) is 0 Å². The van der Waals surface area contributed by atoms with Crippen LogP contribution < -0.4 is 5.32 Å². The fraction of sp³-hybridized carbons (Fsp3) is 0.444. The van der Waals surface area contributed by atoms with E-state index in [0.29, 0.717) is 6.04 Å². The number of piperidine rings is 1. The molecule has 2 nitrogen and oxygen atoms in total. The molecule has 0 saturated carbocycles. The summed E-state index contributed by atoms with van der Waals surface area (Å²) >= 11 is 0. The number of hydrogen-bond donors (Lipinski definition) is 2. The predicted octanol–water partition coefficient (Wildman–Crippen LogP) is 3.65. The Morgan fingerprint density at radius 2 is 2.00 bits per heavy atom. The van der Waals surface area contributed by atoms with Crippen LogP contribution >= 0.6 is 0 Å². The second kappa shape index (κ2) is 5.94. The number of fused-ring (bicyclic) bond motifs is 1. The normalized spacial score (nSPS) is 24.7. The van der Waals surface area contributed by atoms with Crippen LogP contribution in [0.2, 0.25) is 0 Å². The van der Waals surface area contributed by atoms with Crippen molar-refractivity contribution in [1.29, 1.82) is 0 Å².